The van der Waals surface area contributed by atoms with Crippen molar-refractivity contribution in [1.29, 1.82) is 0 Å². The van der Waals surface area contributed by atoms with E-state index in [-0.39, 0.29) is 11.8 Å². The van der Waals surface area contributed by atoms with E-state index in [1.807, 2.05) is 6.92 Å². The standard InChI is InChI=1S/C8H15F3N2OS/c1-2-6(12)3-15-4-7(14)13-5-8(9,10)11/h6H,2-5,12H2,1H3,(H,13,14). The van der Waals surface area contributed by atoms with Crippen molar-refractivity contribution in [2.24, 2.45) is 5.73 Å². The Hall–Kier alpha value is -0.430. The smallest absolute Gasteiger partial charge is 0.346 e. The molecular formula is C8H15F3N2OS. The number of carbonyl (C=O) groups excluding carboxylic acids is 1. The fraction of sp³-hybridized carbons (Fsp3) is 0.875. The van der Waals surface area contributed by atoms with Gasteiger partial charge in [0.15, 0.2) is 0 Å². The van der Waals surface area contributed by atoms with Crippen molar-refractivity contribution in [1.82, 2.24) is 5.32 Å². The molecule has 0 heterocycles. The van der Waals surface area contributed by atoms with Gasteiger partial charge in [0, 0.05) is 11.8 Å². The van der Waals surface area contributed by atoms with Gasteiger partial charge < -0.3 is 11.1 Å². The lowest BCUT2D eigenvalue weighted by atomic mass is 10.3. The summed E-state index contributed by atoms with van der Waals surface area (Å²) < 4.78 is 35.0. The molecule has 0 saturated carbocycles. The first kappa shape index (κ1) is 14.6. The van der Waals surface area contributed by atoms with Gasteiger partial charge in [-0.2, -0.15) is 24.9 Å². The van der Waals surface area contributed by atoms with E-state index in [0.717, 1.165) is 6.42 Å². The minimum Gasteiger partial charge on any atom is -0.346 e. The second kappa shape index (κ2) is 6.95. The lowest BCUT2D eigenvalue weighted by molar-refractivity contribution is -0.136. The van der Waals surface area contributed by atoms with Gasteiger partial charge in [-0.25, -0.2) is 0 Å². The topological polar surface area (TPSA) is 55.1 Å². The second-order valence-electron chi connectivity index (χ2n) is 3.08. The fourth-order valence-corrected chi connectivity index (χ4v) is 1.61. The maximum atomic E-state index is 11.7. The van der Waals surface area contributed by atoms with Gasteiger partial charge in [-0.15, -0.1) is 0 Å². The number of carbonyl (C=O) groups is 1. The summed E-state index contributed by atoms with van der Waals surface area (Å²) in [7, 11) is 0. The molecule has 7 heteroatoms. The molecule has 1 atom stereocenters. The van der Waals surface area contributed by atoms with E-state index >= 15 is 0 Å². The SMILES string of the molecule is CCC(N)CSCC(=O)NCC(F)(F)F. The predicted octanol–water partition coefficient (Wildman–Crippen LogP) is 1.14. The lowest BCUT2D eigenvalue weighted by Crippen LogP contribution is -2.35. The molecule has 1 unspecified atom stereocenters. The van der Waals surface area contributed by atoms with E-state index in [9.17, 15) is 18.0 Å². The number of rotatable bonds is 6. The van der Waals surface area contributed by atoms with Gasteiger partial charge in [0.1, 0.15) is 6.54 Å². The Morgan fingerprint density at radius 2 is 2.13 bits per heavy atom. The molecule has 0 aliphatic carbocycles. The van der Waals surface area contributed by atoms with Crippen molar-refractivity contribution in [2.45, 2.75) is 25.6 Å². The number of thioether (sulfide) groups is 1. The zero-order valence-electron chi connectivity index (χ0n) is 8.43. The van der Waals surface area contributed by atoms with Crippen LogP contribution < -0.4 is 11.1 Å². The van der Waals surface area contributed by atoms with E-state index < -0.39 is 18.6 Å². The van der Waals surface area contributed by atoms with Crippen LogP contribution in [0.25, 0.3) is 0 Å². The van der Waals surface area contributed by atoms with Crippen molar-refractivity contribution in [3.8, 4) is 0 Å². The largest absolute Gasteiger partial charge is 0.405 e. The Morgan fingerprint density at radius 3 is 2.60 bits per heavy atom. The van der Waals surface area contributed by atoms with Crippen LogP contribution in [0.4, 0.5) is 13.2 Å². The van der Waals surface area contributed by atoms with Crippen molar-refractivity contribution in [3.05, 3.63) is 0 Å². The molecule has 0 aromatic rings. The molecule has 0 aliphatic rings. The minimum absolute atomic E-state index is 0.00887. The summed E-state index contributed by atoms with van der Waals surface area (Å²) in [5.41, 5.74) is 5.57. The summed E-state index contributed by atoms with van der Waals surface area (Å²) in [6.07, 6.45) is -3.56. The molecule has 3 nitrogen and oxygen atoms in total. The summed E-state index contributed by atoms with van der Waals surface area (Å²) >= 11 is 1.24. The first-order chi connectivity index (χ1) is 6.85. The summed E-state index contributed by atoms with van der Waals surface area (Å²) in [5, 5.41) is 1.79. The number of hydrogen-bond donors (Lipinski definition) is 2. The fourth-order valence-electron chi connectivity index (χ4n) is 0.671. The zero-order chi connectivity index (χ0) is 11.9. The van der Waals surface area contributed by atoms with Crippen LogP contribution in [0, 0.1) is 0 Å². The average molecular weight is 244 g/mol. The van der Waals surface area contributed by atoms with Gasteiger partial charge in [-0.05, 0) is 6.42 Å². The normalized spacial score (nSPS) is 13.7. The van der Waals surface area contributed by atoms with Crippen molar-refractivity contribution < 1.29 is 18.0 Å². The van der Waals surface area contributed by atoms with Crippen LogP contribution in [0.2, 0.25) is 0 Å². The predicted molar refractivity (Wildman–Crippen MR) is 54.7 cm³/mol. The molecule has 0 aromatic carbocycles. The van der Waals surface area contributed by atoms with Gasteiger partial charge in [0.05, 0.1) is 5.75 Å². The summed E-state index contributed by atoms with van der Waals surface area (Å²) in [6, 6.07) is -0.00887. The average Bonchev–Trinajstić information content (AvgIpc) is 2.13. The molecule has 90 valence electrons. The Bertz CT molecular complexity index is 199. The Labute approximate surface area is 91.0 Å². The van der Waals surface area contributed by atoms with Crippen LogP contribution in [-0.2, 0) is 4.79 Å². The third-order valence-electron chi connectivity index (χ3n) is 1.58. The van der Waals surface area contributed by atoms with Crippen LogP contribution >= 0.6 is 11.8 Å². The maximum absolute atomic E-state index is 11.7. The number of nitrogens with one attached hydrogen (secondary N) is 1. The first-order valence-corrected chi connectivity index (χ1v) is 5.67. The lowest BCUT2D eigenvalue weighted by Gasteiger charge is -2.09. The molecule has 3 N–H and O–H groups in total. The van der Waals surface area contributed by atoms with Crippen LogP contribution in [0.3, 0.4) is 0 Å². The second-order valence-corrected chi connectivity index (χ2v) is 4.11. The zero-order valence-corrected chi connectivity index (χ0v) is 9.25. The Balaban J connectivity index is 3.50. The van der Waals surface area contributed by atoms with Gasteiger partial charge in [0.2, 0.25) is 5.91 Å². The van der Waals surface area contributed by atoms with Crippen molar-refractivity contribution >= 4 is 17.7 Å². The summed E-state index contributed by atoms with van der Waals surface area (Å²) in [5.74, 6) is -0.0136. The molecular weight excluding hydrogens is 229 g/mol. The van der Waals surface area contributed by atoms with E-state index in [1.54, 1.807) is 5.32 Å². The quantitative estimate of drug-likeness (QED) is 0.736. The van der Waals surface area contributed by atoms with Crippen molar-refractivity contribution in [3.63, 3.8) is 0 Å². The maximum Gasteiger partial charge on any atom is 0.405 e. The summed E-state index contributed by atoms with van der Waals surface area (Å²) in [4.78, 5) is 10.9. The van der Waals surface area contributed by atoms with Gasteiger partial charge in [-0.3, -0.25) is 4.79 Å². The molecule has 0 fully saturated rings. The van der Waals surface area contributed by atoms with Crippen LogP contribution in [0.5, 0.6) is 0 Å². The monoisotopic (exact) mass is 244 g/mol. The summed E-state index contributed by atoms with van der Waals surface area (Å²) in [6.45, 7) is 0.640. The van der Waals surface area contributed by atoms with E-state index in [0.29, 0.717) is 5.75 Å². The third kappa shape index (κ3) is 9.86. The van der Waals surface area contributed by atoms with Crippen LogP contribution in [0.1, 0.15) is 13.3 Å². The molecule has 0 aliphatic heterocycles. The number of amides is 1. The minimum atomic E-state index is -4.35. The molecule has 0 rings (SSSR count). The molecule has 0 bridgehead atoms. The molecule has 15 heavy (non-hydrogen) atoms. The molecule has 0 aromatic heterocycles. The van der Waals surface area contributed by atoms with Gasteiger partial charge in [0.25, 0.3) is 0 Å². The first-order valence-electron chi connectivity index (χ1n) is 4.52. The molecule has 0 saturated heterocycles. The highest BCUT2D eigenvalue weighted by Gasteiger charge is 2.27. The molecule has 1 amide bonds. The molecule has 0 radical (unpaired) electrons. The number of hydrogen-bond acceptors (Lipinski definition) is 3. The van der Waals surface area contributed by atoms with Gasteiger partial charge >= 0.3 is 6.18 Å². The van der Waals surface area contributed by atoms with E-state index in [1.165, 1.54) is 11.8 Å². The van der Waals surface area contributed by atoms with Crippen molar-refractivity contribution in [2.75, 3.05) is 18.1 Å². The molecule has 0 spiro atoms. The number of nitrogens with two attached hydrogens (primary N) is 1. The highest BCUT2D eigenvalue weighted by atomic mass is 32.2. The highest BCUT2D eigenvalue weighted by molar-refractivity contribution is 7.99. The van der Waals surface area contributed by atoms with E-state index in [2.05, 4.69) is 0 Å². The van der Waals surface area contributed by atoms with Crippen LogP contribution in [0.15, 0.2) is 0 Å². The van der Waals surface area contributed by atoms with Crippen LogP contribution in [-0.4, -0.2) is 36.2 Å². The van der Waals surface area contributed by atoms with Gasteiger partial charge in [-0.1, -0.05) is 6.92 Å². The number of alkyl halides is 3. The Morgan fingerprint density at radius 1 is 1.53 bits per heavy atom. The Kier molecular flexibility index (Phi) is 6.75. The highest BCUT2D eigenvalue weighted by Crippen LogP contribution is 2.12. The van der Waals surface area contributed by atoms with E-state index in [4.69, 9.17) is 5.73 Å². The number of halogens is 3. The third-order valence-corrected chi connectivity index (χ3v) is 2.71.